The SMILES string of the molecule is CC1OCC/C1=N\NC1CCCC1. The molecule has 2 rings (SSSR count). The Hall–Kier alpha value is -0.570. The molecule has 3 nitrogen and oxygen atoms in total. The zero-order chi connectivity index (χ0) is 9.10. The highest BCUT2D eigenvalue weighted by molar-refractivity contribution is 5.89. The van der Waals surface area contributed by atoms with Crippen molar-refractivity contribution in [2.24, 2.45) is 5.10 Å². The molecular weight excluding hydrogens is 164 g/mol. The van der Waals surface area contributed by atoms with Crippen LogP contribution in [0.15, 0.2) is 5.10 Å². The average molecular weight is 182 g/mol. The third kappa shape index (κ3) is 2.21. The molecule has 1 N–H and O–H groups in total. The molecule has 2 fully saturated rings. The summed E-state index contributed by atoms with van der Waals surface area (Å²) in [6, 6.07) is 0.625. The van der Waals surface area contributed by atoms with Gasteiger partial charge in [0.15, 0.2) is 0 Å². The van der Waals surface area contributed by atoms with Crippen LogP contribution < -0.4 is 5.43 Å². The van der Waals surface area contributed by atoms with Crippen molar-refractivity contribution in [1.29, 1.82) is 0 Å². The molecule has 0 bridgehead atoms. The lowest BCUT2D eigenvalue weighted by atomic mass is 10.2. The first-order valence-electron chi connectivity index (χ1n) is 5.30. The number of nitrogens with zero attached hydrogens (tertiary/aromatic N) is 1. The molecule has 0 aromatic carbocycles. The van der Waals surface area contributed by atoms with E-state index in [1.165, 1.54) is 31.4 Å². The van der Waals surface area contributed by atoms with E-state index in [0.29, 0.717) is 6.04 Å². The van der Waals surface area contributed by atoms with Crippen molar-refractivity contribution in [2.45, 2.75) is 51.2 Å². The smallest absolute Gasteiger partial charge is 0.0946 e. The fourth-order valence-electron chi connectivity index (χ4n) is 2.02. The minimum atomic E-state index is 0.230. The van der Waals surface area contributed by atoms with Gasteiger partial charge in [-0.2, -0.15) is 5.10 Å². The number of hydrogen-bond acceptors (Lipinski definition) is 3. The third-order valence-electron chi connectivity index (χ3n) is 2.94. The molecule has 0 aromatic heterocycles. The van der Waals surface area contributed by atoms with Gasteiger partial charge in [0.1, 0.15) is 0 Å². The van der Waals surface area contributed by atoms with Crippen molar-refractivity contribution in [2.75, 3.05) is 6.61 Å². The Labute approximate surface area is 79.5 Å². The Morgan fingerprint density at radius 1 is 1.38 bits per heavy atom. The highest BCUT2D eigenvalue weighted by atomic mass is 16.5. The van der Waals surface area contributed by atoms with Crippen molar-refractivity contribution in [3.05, 3.63) is 0 Å². The Morgan fingerprint density at radius 3 is 2.77 bits per heavy atom. The van der Waals surface area contributed by atoms with Gasteiger partial charge < -0.3 is 10.2 Å². The summed E-state index contributed by atoms with van der Waals surface area (Å²) in [6.45, 7) is 2.91. The van der Waals surface area contributed by atoms with Gasteiger partial charge in [0.05, 0.1) is 18.4 Å². The molecule has 1 saturated carbocycles. The highest BCUT2D eigenvalue weighted by Gasteiger charge is 2.19. The van der Waals surface area contributed by atoms with Crippen LogP contribution in [-0.2, 0) is 4.74 Å². The average Bonchev–Trinajstić information content (AvgIpc) is 2.72. The second-order valence-corrected chi connectivity index (χ2v) is 3.98. The summed E-state index contributed by atoms with van der Waals surface area (Å²) in [7, 11) is 0. The molecule has 13 heavy (non-hydrogen) atoms. The molecule has 0 spiro atoms. The van der Waals surface area contributed by atoms with Gasteiger partial charge >= 0.3 is 0 Å². The lowest BCUT2D eigenvalue weighted by Gasteiger charge is -2.10. The Bertz CT molecular complexity index is 197. The van der Waals surface area contributed by atoms with Gasteiger partial charge in [-0.3, -0.25) is 0 Å². The van der Waals surface area contributed by atoms with Gasteiger partial charge in [0.25, 0.3) is 0 Å². The van der Waals surface area contributed by atoms with Crippen LogP contribution in [0.1, 0.15) is 39.0 Å². The lowest BCUT2D eigenvalue weighted by molar-refractivity contribution is 0.145. The molecule has 3 heteroatoms. The van der Waals surface area contributed by atoms with Crippen molar-refractivity contribution >= 4 is 5.71 Å². The zero-order valence-electron chi connectivity index (χ0n) is 8.25. The molecule has 0 aromatic rings. The standard InChI is InChI=1S/C10H18N2O/c1-8-10(6-7-13-8)12-11-9-4-2-3-5-9/h8-9,11H,2-7H2,1H3/b12-10+. The maximum Gasteiger partial charge on any atom is 0.0946 e. The minimum absolute atomic E-state index is 0.230. The monoisotopic (exact) mass is 182 g/mol. The Balaban J connectivity index is 1.81. The first kappa shape index (κ1) is 9.00. The van der Waals surface area contributed by atoms with Gasteiger partial charge in [-0.1, -0.05) is 12.8 Å². The van der Waals surface area contributed by atoms with Gasteiger partial charge in [0, 0.05) is 12.5 Å². The largest absolute Gasteiger partial charge is 0.372 e. The van der Waals surface area contributed by atoms with Crippen LogP contribution >= 0.6 is 0 Å². The topological polar surface area (TPSA) is 33.6 Å². The predicted molar refractivity (Wildman–Crippen MR) is 52.9 cm³/mol. The number of hydrogen-bond donors (Lipinski definition) is 1. The normalized spacial score (nSPS) is 33.0. The van der Waals surface area contributed by atoms with Crippen molar-refractivity contribution in [3.63, 3.8) is 0 Å². The summed E-state index contributed by atoms with van der Waals surface area (Å²) in [5.41, 5.74) is 4.45. The summed E-state index contributed by atoms with van der Waals surface area (Å²) < 4.78 is 5.41. The van der Waals surface area contributed by atoms with Crippen molar-refractivity contribution in [3.8, 4) is 0 Å². The molecule has 2 aliphatic rings. The van der Waals surface area contributed by atoms with Crippen LogP contribution in [0.4, 0.5) is 0 Å². The summed E-state index contributed by atoms with van der Waals surface area (Å²) in [5.74, 6) is 0. The van der Waals surface area contributed by atoms with E-state index in [-0.39, 0.29) is 6.10 Å². The van der Waals surface area contributed by atoms with E-state index in [2.05, 4.69) is 17.5 Å². The van der Waals surface area contributed by atoms with Crippen LogP contribution in [-0.4, -0.2) is 24.5 Å². The Morgan fingerprint density at radius 2 is 2.15 bits per heavy atom. The van der Waals surface area contributed by atoms with Gasteiger partial charge in [0.2, 0.25) is 0 Å². The fraction of sp³-hybridized carbons (Fsp3) is 0.900. The molecule has 1 unspecified atom stereocenters. The molecule has 1 aliphatic carbocycles. The predicted octanol–water partition coefficient (Wildman–Crippen LogP) is 1.68. The van der Waals surface area contributed by atoms with Crippen LogP contribution in [0.5, 0.6) is 0 Å². The zero-order valence-corrected chi connectivity index (χ0v) is 8.25. The van der Waals surface area contributed by atoms with E-state index >= 15 is 0 Å². The van der Waals surface area contributed by atoms with Crippen LogP contribution in [0.25, 0.3) is 0 Å². The number of hydrazone groups is 1. The maximum atomic E-state index is 5.41. The maximum absolute atomic E-state index is 5.41. The van der Waals surface area contributed by atoms with Crippen LogP contribution in [0.3, 0.4) is 0 Å². The number of nitrogens with one attached hydrogen (secondary N) is 1. The number of ether oxygens (including phenoxy) is 1. The van der Waals surface area contributed by atoms with E-state index in [4.69, 9.17) is 4.74 Å². The van der Waals surface area contributed by atoms with E-state index in [9.17, 15) is 0 Å². The summed E-state index contributed by atoms with van der Waals surface area (Å²) >= 11 is 0. The van der Waals surface area contributed by atoms with Gasteiger partial charge in [-0.25, -0.2) is 0 Å². The van der Waals surface area contributed by atoms with Crippen molar-refractivity contribution in [1.82, 2.24) is 5.43 Å². The molecule has 1 saturated heterocycles. The molecule has 1 atom stereocenters. The van der Waals surface area contributed by atoms with E-state index < -0.39 is 0 Å². The fourth-order valence-corrected chi connectivity index (χ4v) is 2.02. The number of rotatable bonds is 2. The molecule has 0 amide bonds. The molecule has 1 heterocycles. The Kier molecular flexibility index (Phi) is 2.83. The van der Waals surface area contributed by atoms with Gasteiger partial charge in [-0.05, 0) is 19.8 Å². The molecule has 0 radical (unpaired) electrons. The first-order valence-corrected chi connectivity index (χ1v) is 5.30. The lowest BCUT2D eigenvalue weighted by Crippen LogP contribution is -2.24. The molecular formula is C10H18N2O. The summed E-state index contributed by atoms with van der Waals surface area (Å²) in [5, 5.41) is 4.43. The minimum Gasteiger partial charge on any atom is -0.372 e. The molecule has 1 aliphatic heterocycles. The van der Waals surface area contributed by atoms with Crippen LogP contribution in [0.2, 0.25) is 0 Å². The van der Waals surface area contributed by atoms with E-state index in [0.717, 1.165) is 13.0 Å². The van der Waals surface area contributed by atoms with E-state index in [1.807, 2.05) is 0 Å². The quantitative estimate of drug-likeness (QED) is 0.659. The highest BCUT2D eigenvalue weighted by Crippen LogP contribution is 2.18. The second-order valence-electron chi connectivity index (χ2n) is 3.98. The second kappa shape index (κ2) is 4.09. The summed E-state index contributed by atoms with van der Waals surface area (Å²) in [6.07, 6.45) is 6.51. The summed E-state index contributed by atoms with van der Waals surface area (Å²) in [4.78, 5) is 0. The van der Waals surface area contributed by atoms with Crippen LogP contribution in [0, 0.1) is 0 Å². The first-order chi connectivity index (χ1) is 6.36. The van der Waals surface area contributed by atoms with Gasteiger partial charge in [-0.15, -0.1) is 0 Å². The molecule has 74 valence electrons. The van der Waals surface area contributed by atoms with E-state index in [1.54, 1.807) is 0 Å². The van der Waals surface area contributed by atoms with Crippen molar-refractivity contribution < 1.29 is 4.74 Å². The third-order valence-corrected chi connectivity index (χ3v) is 2.94.